The minimum Gasteiger partial charge on any atom is -0.342 e. The van der Waals surface area contributed by atoms with Crippen LogP contribution in [0.1, 0.15) is 25.5 Å². The number of hydrogen-bond acceptors (Lipinski definition) is 4. The Hall–Kier alpha value is -1.88. The molecule has 1 saturated heterocycles. The maximum atomic E-state index is 12.4. The van der Waals surface area contributed by atoms with Gasteiger partial charge < -0.3 is 4.90 Å². The summed E-state index contributed by atoms with van der Waals surface area (Å²) in [5, 5.41) is 0.516. The van der Waals surface area contributed by atoms with Gasteiger partial charge in [0, 0.05) is 24.3 Å². The van der Waals surface area contributed by atoms with Gasteiger partial charge in [-0.2, -0.15) is 0 Å². The lowest BCUT2D eigenvalue weighted by Crippen LogP contribution is -2.34. The zero-order chi connectivity index (χ0) is 16.2. The number of rotatable bonds is 4. The third-order valence-corrected chi connectivity index (χ3v) is 4.90. The van der Waals surface area contributed by atoms with Gasteiger partial charge in [0.15, 0.2) is 5.16 Å². The molecule has 23 heavy (non-hydrogen) atoms. The molecule has 2 heterocycles. The first kappa shape index (κ1) is 16.0. The smallest absolute Gasteiger partial charge is 0.235 e. The third kappa shape index (κ3) is 3.91. The average Bonchev–Trinajstić information content (AvgIpc) is 3.09. The van der Waals surface area contributed by atoms with Crippen molar-refractivity contribution in [3.05, 3.63) is 42.1 Å². The monoisotopic (exact) mass is 327 g/mol. The highest BCUT2D eigenvalue weighted by Gasteiger charge is 2.24. The number of aromatic nitrogens is 2. The third-order valence-electron chi connectivity index (χ3n) is 3.95. The van der Waals surface area contributed by atoms with E-state index in [0.717, 1.165) is 42.9 Å². The molecule has 1 fully saturated rings. The van der Waals surface area contributed by atoms with Crippen molar-refractivity contribution in [2.75, 3.05) is 13.1 Å². The van der Waals surface area contributed by atoms with E-state index in [-0.39, 0.29) is 11.2 Å². The molecule has 1 amide bonds. The lowest BCUT2D eigenvalue weighted by Gasteiger charge is -2.19. The van der Waals surface area contributed by atoms with E-state index in [4.69, 9.17) is 0 Å². The van der Waals surface area contributed by atoms with Gasteiger partial charge in [0.25, 0.3) is 0 Å². The van der Waals surface area contributed by atoms with Crippen molar-refractivity contribution < 1.29 is 4.79 Å². The highest BCUT2D eigenvalue weighted by atomic mass is 32.2. The zero-order valence-corrected chi connectivity index (χ0v) is 14.3. The summed E-state index contributed by atoms with van der Waals surface area (Å²) in [5.74, 6) is 0.193. The molecule has 0 radical (unpaired) electrons. The fraction of sp³-hybridized carbons (Fsp3) is 0.389. The van der Waals surface area contributed by atoms with Crippen molar-refractivity contribution in [1.29, 1.82) is 0 Å². The van der Waals surface area contributed by atoms with Gasteiger partial charge in [0.1, 0.15) is 0 Å². The van der Waals surface area contributed by atoms with Crippen molar-refractivity contribution in [3.8, 4) is 11.3 Å². The van der Waals surface area contributed by atoms with E-state index in [0.29, 0.717) is 5.16 Å². The first-order valence-corrected chi connectivity index (χ1v) is 8.88. The SMILES string of the molecule is Cc1cc(-c2ccccc2)nc(S[C@@H](C)C(=O)N2CCCC2)n1. The Morgan fingerprint density at radius 3 is 2.57 bits per heavy atom. The van der Waals surface area contributed by atoms with Crippen LogP contribution in [0, 0.1) is 6.92 Å². The molecule has 0 aliphatic carbocycles. The number of likely N-dealkylation sites (tertiary alicyclic amines) is 1. The number of aryl methyl sites for hydroxylation is 1. The molecule has 0 saturated carbocycles. The Labute approximate surface area is 141 Å². The van der Waals surface area contributed by atoms with E-state index in [1.165, 1.54) is 11.8 Å². The van der Waals surface area contributed by atoms with Gasteiger partial charge in [-0.3, -0.25) is 4.79 Å². The first-order valence-electron chi connectivity index (χ1n) is 8.00. The second kappa shape index (κ2) is 7.13. The zero-order valence-electron chi connectivity index (χ0n) is 13.5. The highest BCUT2D eigenvalue weighted by Crippen LogP contribution is 2.26. The summed E-state index contributed by atoms with van der Waals surface area (Å²) in [6.45, 7) is 5.67. The molecule has 1 aliphatic rings. The van der Waals surface area contributed by atoms with Gasteiger partial charge in [0.2, 0.25) is 5.91 Å². The quantitative estimate of drug-likeness (QED) is 0.636. The topological polar surface area (TPSA) is 46.1 Å². The average molecular weight is 327 g/mol. The van der Waals surface area contributed by atoms with Crippen LogP contribution in [0.3, 0.4) is 0 Å². The number of nitrogens with zero attached hydrogens (tertiary/aromatic N) is 3. The maximum Gasteiger partial charge on any atom is 0.235 e. The molecule has 0 bridgehead atoms. The molecular formula is C18H21N3OS. The number of amides is 1. The lowest BCUT2D eigenvalue weighted by atomic mass is 10.1. The van der Waals surface area contributed by atoms with Gasteiger partial charge in [-0.05, 0) is 32.8 Å². The van der Waals surface area contributed by atoms with E-state index < -0.39 is 0 Å². The van der Waals surface area contributed by atoms with Gasteiger partial charge in [-0.25, -0.2) is 9.97 Å². The van der Waals surface area contributed by atoms with Crippen LogP contribution in [0.2, 0.25) is 0 Å². The number of carbonyl (C=O) groups is 1. The summed E-state index contributed by atoms with van der Waals surface area (Å²) in [6.07, 6.45) is 2.23. The first-order chi connectivity index (χ1) is 11.1. The molecule has 3 rings (SSSR count). The summed E-state index contributed by atoms with van der Waals surface area (Å²) < 4.78 is 0. The Bertz CT molecular complexity index is 684. The highest BCUT2D eigenvalue weighted by molar-refractivity contribution is 8.00. The normalized spacial score (nSPS) is 15.7. The largest absolute Gasteiger partial charge is 0.342 e. The predicted molar refractivity (Wildman–Crippen MR) is 93.3 cm³/mol. The van der Waals surface area contributed by atoms with Crippen LogP contribution in [0.25, 0.3) is 11.3 Å². The van der Waals surface area contributed by atoms with E-state index in [1.807, 2.05) is 55.1 Å². The molecule has 4 nitrogen and oxygen atoms in total. The number of carbonyl (C=O) groups excluding carboxylic acids is 1. The molecule has 0 N–H and O–H groups in total. The van der Waals surface area contributed by atoms with Crippen molar-refractivity contribution in [1.82, 2.24) is 14.9 Å². The minimum absolute atomic E-state index is 0.154. The molecule has 1 aromatic heterocycles. The van der Waals surface area contributed by atoms with Gasteiger partial charge in [0.05, 0.1) is 10.9 Å². The predicted octanol–water partition coefficient (Wildman–Crippen LogP) is 3.56. The standard InChI is InChI=1S/C18H21N3OS/c1-13-12-16(15-8-4-3-5-9-15)20-18(19-13)23-14(2)17(22)21-10-6-7-11-21/h3-5,8-9,12,14H,6-7,10-11H2,1-2H3/t14-/m0/s1. The minimum atomic E-state index is -0.154. The number of benzene rings is 1. The van der Waals surface area contributed by atoms with Crippen LogP contribution >= 0.6 is 11.8 Å². The molecule has 1 aromatic carbocycles. The fourth-order valence-electron chi connectivity index (χ4n) is 2.75. The summed E-state index contributed by atoms with van der Waals surface area (Å²) in [4.78, 5) is 23.5. The van der Waals surface area contributed by atoms with E-state index in [2.05, 4.69) is 9.97 Å². The van der Waals surface area contributed by atoms with Crippen molar-refractivity contribution in [3.63, 3.8) is 0 Å². The van der Waals surface area contributed by atoms with Crippen LogP contribution < -0.4 is 0 Å². The molecule has 1 atom stereocenters. The van der Waals surface area contributed by atoms with Crippen molar-refractivity contribution >= 4 is 17.7 Å². The van der Waals surface area contributed by atoms with Crippen LogP contribution in [0.15, 0.2) is 41.6 Å². The van der Waals surface area contributed by atoms with E-state index in [9.17, 15) is 4.79 Å². The second-order valence-corrected chi connectivity index (χ2v) is 7.14. The molecular weight excluding hydrogens is 306 g/mol. The summed E-state index contributed by atoms with van der Waals surface area (Å²) in [5.41, 5.74) is 2.89. The number of thioether (sulfide) groups is 1. The Balaban J connectivity index is 1.77. The molecule has 0 unspecified atom stereocenters. The lowest BCUT2D eigenvalue weighted by molar-refractivity contribution is -0.129. The van der Waals surface area contributed by atoms with Gasteiger partial charge in [-0.15, -0.1) is 0 Å². The van der Waals surface area contributed by atoms with E-state index in [1.54, 1.807) is 0 Å². The fourth-order valence-corrected chi connectivity index (χ4v) is 3.67. The summed E-state index contributed by atoms with van der Waals surface area (Å²) in [7, 11) is 0. The second-order valence-electron chi connectivity index (χ2n) is 5.84. The van der Waals surface area contributed by atoms with Crippen LogP contribution in [-0.2, 0) is 4.79 Å². The van der Waals surface area contributed by atoms with Crippen LogP contribution in [0.5, 0.6) is 0 Å². The maximum absolute atomic E-state index is 12.4. The number of hydrogen-bond donors (Lipinski definition) is 0. The van der Waals surface area contributed by atoms with Crippen LogP contribution in [0.4, 0.5) is 0 Å². The molecule has 2 aromatic rings. The molecule has 5 heteroatoms. The molecule has 120 valence electrons. The Morgan fingerprint density at radius 2 is 1.87 bits per heavy atom. The molecule has 0 spiro atoms. The van der Waals surface area contributed by atoms with Gasteiger partial charge >= 0.3 is 0 Å². The summed E-state index contributed by atoms with van der Waals surface area (Å²) >= 11 is 1.45. The van der Waals surface area contributed by atoms with Crippen molar-refractivity contribution in [2.45, 2.75) is 37.1 Å². The Kier molecular flexibility index (Phi) is 4.96. The van der Waals surface area contributed by atoms with E-state index >= 15 is 0 Å². The summed E-state index contributed by atoms with van der Waals surface area (Å²) in [6, 6.07) is 12.0. The van der Waals surface area contributed by atoms with Crippen molar-refractivity contribution in [2.24, 2.45) is 0 Å². The molecule has 1 aliphatic heterocycles. The Morgan fingerprint density at radius 1 is 1.17 bits per heavy atom. The van der Waals surface area contributed by atoms with Gasteiger partial charge in [-0.1, -0.05) is 42.1 Å². The van der Waals surface area contributed by atoms with Crippen LogP contribution in [-0.4, -0.2) is 39.1 Å².